The van der Waals surface area contributed by atoms with Crippen molar-refractivity contribution in [2.24, 2.45) is 4.99 Å². The average Bonchev–Trinajstić information content (AvgIpc) is 3.15. The van der Waals surface area contributed by atoms with E-state index in [9.17, 15) is 0 Å². The Hall–Kier alpha value is -1.77. The molecule has 1 saturated carbocycles. The van der Waals surface area contributed by atoms with Gasteiger partial charge in [0.1, 0.15) is 0 Å². The van der Waals surface area contributed by atoms with Gasteiger partial charge in [0.25, 0.3) is 0 Å². The molecule has 2 N–H and O–H groups in total. The molecule has 23 heavy (non-hydrogen) atoms. The monoisotopic (exact) mass is 311 g/mol. The minimum Gasteiger partial charge on any atom is -0.360 e. The summed E-state index contributed by atoms with van der Waals surface area (Å²) in [5, 5.41) is 0. The highest BCUT2D eigenvalue weighted by Gasteiger charge is 2.14. The summed E-state index contributed by atoms with van der Waals surface area (Å²) >= 11 is 0. The molecular formula is C20H29N3. The van der Waals surface area contributed by atoms with Crippen molar-refractivity contribution in [3.8, 4) is 11.4 Å². The topological polar surface area (TPSA) is 43.9 Å². The van der Waals surface area contributed by atoms with Crippen molar-refractivity contribution in [3.05, 3.63) is 35.7 Å². The maximum absolute atomic E-state index is 4.88. The van der Waals surface area contributed by atoms with Crippen LogP contribution >= 0.6 is 0 Å². The van der Waals surface area contributed by atoms with Gasteiger partial charge >= 0.3 is 0 Å². The maximum Gasteiger partial charge on any atom is 0.0659 e. The van der Waals surface area contributed by atoms with Gasteiger partial charge in [0.2, 0.25) is 0 Å². The summed E-state index contributed by atoms with van der Waals surface area (Å²) in [5.41, 5.74) is 4.83. The second-order valence-corrected chi connectivity index (χ2v) is 7.07. The molecule has 0 bridgehead atoms. The van der Waals surface area contributed by atoms with Crippen LogP contribution in [-0.2, 0) is 0 Å². The first-order chi connectivity index (χ1) is 11.2. The van der Waals surface area contributed by atoms with Crippen LogP contribution in [0.15, 0.2) is 29.4 Å². The highest BCUT2D eigenvalue weighted by molar-refractivity contribution is 5.80. The molecule has 3 nitrogen and oxygen atoms in total. The zero-order chi connectivity index (χ0) is 16.1. The number of aromatic amines is 2. The van der Waals surface area contributed by atoms with Crippen LogP contribution < -0.4 is 0 Å². The molecule has 1 fully saturated rings. The molecule has 0 saturated heterocycles. The minimum atomic E-state index is 0.494. The summed E-state index contributed by atoms with van der Waals surface area (Å²) in [6.45, 7) is 4.48. The molecular weight excluding hydrogens is 282 g/mol. The van der Waals surface area contributed by atoms with Gasteiger partial charge in [-0.05, 0) is 42.5 Å². The lowest BCUT2D eigenvalue weighted by Gasteiger charge is -2.15. The fraction of sp³-hybridized carbons (Fsp3) is 0.550. The zero-order valence-corrected chi connectivity index (χ0v) is 14.4. The van der Waals surface area contributed by atoms with E-state index in [2.05, 4.69) is 42.2 Å². The maximum atomic E-state index is 4.88. The molecule has 0 atom stereocenters. The Morgan fingerprint density at radius 1 is 1.13 bits per heavy atom. The van der Waals surface area contributed by atoms with Crippen molar-refractivity contribution < 1.29 is 0 Å². The van der Waals surface area contributed by atoms with Crippen molar-refractivity contribution in [2.45, 2.75) is 70.8 Å². The fourth-order valence-corrected chi connectivity index (χ4v) is 3.50. The van der Waals surface area contributed by atoms with E-state index >= 15 is 0 Å². The van der Waals surface area contributed by atoms with Gasteiger partial charge in [-0.25, -0.2) is 0 Å². The lowest BCUT2D eigenvalue weighted by molar-refractivity contribution is 0.456. The zero-order valence-electron chi connectivity index (χ0n) is 14.4. The molecule has 0 radical (unpaired) electrons. The molecule has 1 aliphatic rings. The van der Waals surface area contributed by atoms with Gasteiger partial charge in [-0.2, -0.15) is 0 Å². The molecule has 2 heterocycles. The number of rotatable bonds is 4. The first-order valence-corrected chi connectivity index (χ1v) is 9.14. The van der Waals surface area contributed by atoms with E-state index in [1.807, 2.05) is 12.3 Å². The summed E-state index contributed by atoms with van der Waals surface area (Å²) < 4.78 is 0. The first-order valence-electron chi connectivity index (χ1n) is 9.14. The summed E-state index contributed by atoms with van der Waals surface area (Å²) in [6.07, 6.45) is 13.4. The Kier molecular flexibility index (Phi) is 5.37. The van der Waals surface area contributed by atoms with Crippen LogP contribution in [0.5, 0.6) is 0 Å². The number of hydrogen-bond acceptors (Lipinski definition) is 1. The molecule has 3 rings (SSSR count). The van der Waals surface area contributed by atoms with E-state index in [0.29, 0.717) is 12.0 Å². The van der Waals surface area contributed by atoms with Crippen molar-refractivity contribution in [1.82, 2.24) is 9.97 Å². The predicted octanol–water partition coefficient (Wildman–Crippen LogP) is 5.67. The van der Waals surface area contributed by atoms with E-state index in [1.165, 1.54) is 56.2 Å². The average molecular weight is 311 g/mol. The second-order valence-electron chi connectivity index (χ2n) is 7.07. The number of H-pyrrole nitrogens is 2. The molecule has 124 valence electrons. The predicted molar refractivity (Wildman–Crippen MR) is 98.4 cm³/mol. The van der Waals surface area contributed by atoms with Crippen LogP contribution in [0.4, 0.5) is 0 Å². The normalized spacial score (nSPS) is 17.7. The third-order valence-corrected chi connectivity index (χ3v) is 4.86. The highest BCUT2D eigenvalue weighted by Crippen LogP contribution is 2.28. The van der Waals surface area contributed by atoms with Crippen molar-refractivity contribution in [2.75, 3.05) is 0 Å². The van der Waals surface area contributed by atoms with E-state index in [-0.39, 0.29) is 0 Å². The van der Waals surface area contributed by atoms with E-state index in [1.54, 1.807) is 0 Å². The fourth-order valence-electron chi connectivity index (χ4n) is 3.50. The smallest absolute Gasteiger partial charge is 0.0659 e. The molecule has 2 aromatic rings. The van der Waals surface area contributed by atoms with Crippen molar-refractivity contribution in [1.29, 1.82) is 0 Å². The van der Waals surface area contributed by atoms with Gasteiger partial charge < -0.3 is 9.97 Å². The Labute approximate surface area is 139 Å². The molecule has 3 heteroatoms. The molecule has 0 aliphatic heterocycles. The van der Waals surface area contributed by atoms with E-state index < -0.39 is 0 Å². The van der Waals surface area contributed by atoms with Crippen LogP contribution in [0.2, 0.25) is 0 Å². The quantitative estimate of drug-likeness (QED) is 0.684. The third kappa shape index (κ3) is 4.15. The van der Waals surface area contributed by atoms with Gasteiger partial charge in [0, 0.05) is 12.4 Å². The molecule has 2 aromatic heterocycles. The summed E-state index contributed by atoms with van der Waals surface area (Å²) in [7, 11) is 0. The second kappa shape index (κ2) is 7.67. The Bertz CT molecular complexity index is 611. The molecule has 1 aliphatic carbocycles. The van der Waals surface area contributed by atoms with Crippen LogP contribution in [0.1, 0.15) is 76.0 Å². The minimum absolute atomic E-state index is 0.494. The van der Waals surface area contributed by atoms with Crippen LogP contribution in [0.3, 0.4) is 0 Å². The van der Waals surface area contributed by atoms with Gasteiger partial charge in [-0.1, -0.05) is 46.0 Å². The van der Waals surface area contributed by atoms with Gasteiger partial charge in [-0.3, -0.25) is 4.99 Å². The lowest BCUT2D eigenvalue weighted by Crippen LogP contribution is -2.07. The molecule has 0 amide bonds. The Morgan fingerprint density at radius 3 is 2.52 bits per heavy atom. The van der Waals surface area contributed by atoms with Crippen LogP contribution in [0.25, 0.3) is 11.4 Å². The van der Waals surface area contributed by atoms with Crippen molar-refractivity contribution >= 4 is 6.21 Å². The molecule has 0 aromatic carbocycles. The molecule has 0 spiro atoms. The third-order valence-electron chi connectivity index (χ3n) is 4.86. The van der Waals surface area contributed by atoms with Crippen molar-refractivity contribution in [3.63, 3.8) is 0 Å². The van der Waals surface area contributed by atoms with Gasteiger partial charge in [0.05, 0.1) is 23.1 Å². The number of aromatic nitrogens is 2. The molecule has 0 unspecified atom stereocenters. The Balaban J connectivity index is 1.77. The largest absolute Gasteiger partial charge is 0.360 e. The number of nitrogens with one attached hydrogen (secondary N) is 2. The Morgan fingerprint density at radius 2 is 1.87 bits per heavy atom. The number of aliphatic imine (C=N–C) groups is 1. The first kappa shape index (κ1) is 16.1. The summed E-state index contributed by atoms with van der Waals surface area (Å²) in [5.74, 6) is 0.494. The standard InChI is InChI=1S/C20H29N3/c1-15(2)18-13-17(23-20(18)19-11-8-12-21-19)14-22-16-9-6-4-3-5-7-10-16/h8,11-16,21,23H,3-7,9-10H2,1-2H3. The lowest BCUT2D eigenvalue weighted by atomic mass is 9.97. The van der Waals surface area contributed by atoms with Crippen LogP contribution in [0, 0.1) is 0 Å². The van der Waals surface area contributed by atoms with Gasteiger partial charge in [0.15, 0.2) is 0 Å². The summed E-state index contributed by atoms with van der Waals surface area (Å²) in [4.78, 5) is 11.7. The summed E-state index contributed by atoms with van der Waals surface area (Å²) in [6, 6.07) is 6.93. The highest BCUT2D eigenvalue weighted by atomic mass is 14.8. The van der Waals surface area contributed by atoms with E-state index in [0.717, 1.165) is 11.4 Å². The van der Waals surface area contributed by atoms with Crippen LogP contribution in [-0.4, -0.2) is 22.2 Å². The number of nitrogens with zero attached hydrogens (tertiary/aromatic N) is 1. The SMILES string of the molecule is CC(C)c1cc(C=NC2CCCCCCC2)[nH]c1-c1ccc[nH]1. The van der Waals surface area contributed by atoms with E-state index in [4.69, 9.17) is 4.99 Å². The number of hydrogen-bond donors (Lipinski definition) is 2. The van der Waals surface area contributed by atoms with Gasteiger partial charge in [-0.15, -0.1) is 0 Å².